The average molecular weight is 376 g/mol. The zero-order chi connectivity index (χ0) is 19.5. The van der Waals surface area contributed by atoms with E-state index in [1.165, 1.54) is 0 Å². The van der Waals surface area contributed by atoms with Gasteiger partial charge in [-0.2, -0.15) is 0 Å². The molecule has 1 atom stereocenters. The van der Waals surface area contributed by atoms with E-state index >= 15 is 0 Å². The van der Waals surface area contributed by atoms with Gasteiger partial charge in [-0.3, -0.25) is 9.59 Å². The molecule has 0 saturated heterocycles. The van der Waals surface area contributed by atoms with Gasteiger partial charge in [-0.25, -0.2) is 4.99 Å². The summed E-state index contributed by atoms with van der Waals surface area (Å²) in [6.07, 6.45) is 3.67. The van der Waals surface area contributed by atoms with Crippen LogP contribution in [0.5, 0.6) is 0 Å². The van der Waals surface area contributed by atoms with Crippen molar-refractivity contribution in [3.8, 4) is 0 Å². The normalized spacial score (nSPS) is 19.8. The number of nitrogens with one attached hydrogen (secondary N) is 1. The van der Waals surface area contributed by atoms with Gasteiger partial charge in [-0.1, -0.05) is 61.2 Å². The summed E-state index contributed by atoms with van der Waals surface area (Å²) in [6, 6.07) is 15.5. The number of anilines is 1. The number of benzene rings is 2. The molecule has 1 saturated carbocycles. The second kappa shape index (κ2) is 7.97. The van der Waals surface area contributed by atoms with Crippen LogP contribution < -0.4 is 5.32 Å². The summed E-state index contributed by atoms with van der Waals surface area (Å²) < 4.78 is 5.60. The molecule has 1 fully saturated rings. The van der Waals surface area contributed by atoms with Gasteiger partial charge < -0.3 is 10.1 Å². The van der Waals surface area contributed by atoms with Crippen LogP contribution in [0.25, 0.3) is 0 Å². The predicted octanol–water partition coefficient (Wildman–Crippen LogP) is 4.23. The molecule has 0 bridgehead atoms. The first kappa shape index (κ1) is 18.4. The Morgan fingerprint density at radius 3 is 2.57 bits per heavy atom. The molecule has 5 heteroatoms. The van der Waals surface area contributed by atoms with Crippen LogP contribution in [-0.2, 0) is 14.3 Å². The summed E-state index contributed by atoms with van der Waals surface area (Å²) in [6.45, 7) is 2.00. The summed E-state index contributed by atoms with van der Waals surface area (Å²) >= 11 is 0. The largest absolute Gasteiger partial charge is 0.430 e. The lowest BCUT2D eigenvalue weighted by molar-refractivity contribution is -0.158. The van der Waals surface area contributed by atoms with E-state index in [1.54, 1.807) is 0 Å². The molecule has 1 unspecified atom stereocenters. The Hall–Kier alpha value is -2.95. The predicted molar refractivity (Wildman–Crippen MR) is 108 cm³/mol. The average Bonchev–Trinajstić information content (AvgIpc) is 2.86. The zero-order valence-electron chi connectivity index (χ0n) is 16.0. The molecule has 1 aliphatic heterocycles. The number of fused-ring (bicyclic) bond motifs is 1. The van der Waals surface area contributed by atoms with Crippen molar-refractivity contribution in [1.82, 2.24) is 0 Å². The van der Waals surface area contributed by atoms with E-state index < -0.39 is 12.1 Å². The molecule has 0 spiro atoms. The van der Waals surface area contributed by atoms with Gasteiger partial charge in [0.2, 0.25) is 0 Å². The highest BCUT2D eigenvalue weighted by atomic mass is 16.6. The number of carbonyl (C=O) groups is 2. The molecule has 4 rings (SSSR count). The fraction of sp³-hybridized carbons (Fsp3) is 0.348. The minimum Gasteiger partial charge on any atom is -0.430 e. The summed E-state index contributed by atoms with van der Waals surface area (Å²) in [5.74, 6) is -0.872. The van der Waals surface area contributed by atoms with E-state index in [9.17, 15) is 9.59 Å². The number of carbonyl (C=O) groups excluding carboxylic acids is 2. The standard InChI is InChI=1S/C23H24N2O3/c1-15-12-13-19-18(14-15)20(16-8-4-2-5-9-16)25-22(21(26)24-19)28-23(27)17-10-6-3-7-11-17/h2,4-5,8-9,12-14,17,22H,3,6-7,10-11H2,1H3,(H,24,26). The minimum absolute atomic E-state index is 0.134. The van der Waals surface area contributed by atoms with Crippen LogP contribution in [0.1, 0.15) is 48.8 Å². The molecule has 1 aliphatic carbocycles. The number of hydrogen-bond donors (Lipinski definition) is 1. The number of amides is 1. The van der Waals surface area contributed by atoms with Crippen molar-refractivity contribution in [1.29, 1.82) is 0 Å². The van der Waals surface area contributed by atoms with Crippen molar-refractivity contribution in [2.45, 2.75) is 45.3 Å². The Bertz CT molecular complexity index is 915. The maximum Gasteiger partial charge on any atom is 0.311 e. The highest BCUT2D eigenvalue weighted by Crippen LogP contribution is 2.28. The van der Waals surface area contributed by atoms with E-state index in [2.05, 4.69) is 10.3 Å². The number of esters is 1. The maximum atomic E-state index is 12.8. The molecular formula is C23H24N2O3. The van der Waals surface area contributed by atoms with Crippen LogP contribution in [-0.4, -0.2) is 23.8 Å². The topological polar surface area (TPSA) is 67.8 Å². The number of ether oxygens (including phenoxy) is 1. The smallest absolute Gasteiger partial charge is 0.311 e. The Kier molecular flexibility index (Phi) is 5.24. The summed E-state index contributed by atoms with van der Waals surface area (Å²) in [5.41, 5.74) is 4.10. The Labute approximate surface area is 164 Å². The Balaban J connectivity index is 1.70. The maximum absolute atomic E-state index is 12.8. The fourth-order valence-electron chi connectivity index (χ4n) is 3.85. The van der Waals surface area contributed by atoms with Gasteiger partial charge in [0, 0.05) is 11.1 Å². The van der Waals surface area contributed by atoms with Gasteiger partial charge in [-0.15, -0.1) is 0 Å². The monoisotopic (exact) mass is 376 g/mol. The molecule has 2 aromatic rings. The third kappa shape index (κ3) is 3.84. The highest BCUT2D eigenvalue weighted by molar-refractivity contribution is 6.19. The Morgan fingerprint density at radius 2 is 1.82 bits per heavy atom. The molecule has 144 valence electrons. The molecule has 2 aromatic carbocycles. The zero-order valence-corrected chi connectivity index (χ0v) is 16.0. The Morgan fingerprint density at radius 1 is 1.07 bits per heavy atom. The van der Waals surface area contributed by atoms with Crippen LogP contribution in [0.15, 0.2) is 53.5 Å². The van der Waals surface area contributed by atoms with Gasteiger partial charge in [0.15, 0.2) is 0 Å². The number of rotatable bonds is 3. The number of aryl methyl sites for hydroxylation is 1. The van der Waals surface area contributed by atoms with Crippen molar-refractivity contribution in [3.05, 3.63) is 65.2 Å². The lowest BCUT2D eigenvalue weighted by Gasteiger charge is -2.21. The quantitative estimate of drug-likeness (QED) is 0.815. The van der Waals surface area contributed by atoms with Crippen molar-refractivity contribution in [2.75, 3.05) is 5.32 Å². The minimum atomic E-state index is -1.18. The number of benzodiazepines with no additional fused rings is 1. The van der Waals surface area contributed by atoms with E-state index in [-0.39, 0.29) is 11.9 Å². The molecule has 1 N–H and O–H groups in total. The summed E-state index contributed by atoms with van der Waals surface area (Å²) in [7, 11) is 0. The van der Waals surface area contributed by atoms with Crippen LogP contribution in [0.3, 0.4) is 0 Å². The highest BCUT2D eigenvalue weighted by Gasteiger charge is 2.31. The second-order valence-electron chi connectivity index (χ2n) is 7.51. The molecule has 0 aromatic heterocycles. The molecule has 2 aliphatic rings. The second-order valence-corrected chi connectivity index (χ2v) is 7.51. The van der Waals surface area contributed by atoms with Crippen molar-refractivity contribution in [2.24, 2.45) is 10.9 Å². The number of hydrogen-bond acceptors (Lipinski definition) is 4. The summed E-state index contributed by atoms with van der Waals surface area (Å²) in [5, 5.41) is 2.88. The van der Waals surface area contributed by atoms with E-state index in [0.29, 0.717) is 11.4 Å². The number of aliphatic imine (C=N–C) groups is 1. The molecule has 5 nitrogen and oxygen atoms in total. The first-order chi connectivity index (χ1) is 13.6. The summed E-state index contributed by atoms with van der Waals surface area (Å²) in [4.78, 5) is 30.0. The molecule has 1 heterocycles. The lowest BCUT2D eigenvalue weighted by Crippen LogP contribution is -2.33. The van der Waals surface area contributed by atoms with E-state index in [4.69, 9.17) is 4.74 Å². The molecule has 28 heavy (non-hydrogen) atoms. The molecule has 1 amide bonds. The van der Waals surface area contributed by atoms with Crippen LogP contribution in [0.4, 0.5) is 5.69 Å². The number of nitrogens with zero attached hydrogens (tertiary/aromatic N) is 1. The van der Waals surface area contributed by atoms with Crippen LogP contribution >= 0.6 is 0 Å². The third-order valence-electron chi connectivity index (χ3n) is 5.37. The van der Waals surface area contributed by atoms with Crippen molar-refractivity contribution in [3.63, 3.8) is 0 Å². The van der Waals surface area contributed by atoms with Gasteiger partial charge >= 0.3 is 5.97 Å². The van der Waals surface area contributed by atoms with E-state index in [1.807, 2.05) is 55.5 Å². The van der Waals surface area contributed by atoms with Gasteiger partial charge in [-0.05, 0) is 31.9 Å². The first-order valence-corrected chi connectivity index (χ1v) is 9.87. The van der Waals surface area contributed by atoms with Crippen molar-refractivity contribution >= 4 is 23.3 Å². The van der Waals surface area contributed by atoms with Gasteiger partial charge in [0.25, 0.3) is 12.1 Å². The first-order valence-electron chi connectivity index (χ1n) is 9.87. The molecular weight excluding hydrogens is 352 g/mol. The van der Waals surface area contributed by atoms with Gasteiger partial charge in [0.1, 0.15) is 0 Å². The third-order valence-corrected chi connectivity index (χ3v) is 5.37. The lowest BCUT2D eigenvalue weighted by atomic mass is 9.89. The molecule has 0 radical (unpaired) electrons. The fourth-order valence-corrected chi connectivity index (χ4v) is 3.85. The van der Waals surface area contributed by atoms with Gasteiger partial charge in [0.05, 0.1) is 17.3 Å². The van der Waals surface area contributed by atoms with Crippen LogP contribution in [0, 0.1) is 12.8 Å². The van der Waals surface area contributed by atoms with Crippen molar-refractivity contribution < 1.29 is 14.3 Å². The van der Waals surface area contributed by atoms with E-state index in [0.717, 1.165) is 48.8 Å². The van der Waals surface area contributed by atoms with Crippen LogP contribution in [0.2, 0.25) is 0 Å². The SMILES string of the molecule is Cc1ccc2c(c1)C(c1ccccc1)=NC(OC(=O)C1CCCCC1)C(=O)N2.